The number of aromatic nitrogens is 2. The summed E-state index contributed by atoms with van der Waals surface area (Å²) in [4.78, 5) is 15.5. The van der Waals surface area contributed by atoms with Crippen molar-refractivity contribution >= 4 is 34.6 Å². The first-order valence-electron chi connectivity index (χ1n) is 13.7. The number of nitrogens with one attached hydrogen (secondary N) is 2. The number of nitrogens with zero attached hydrogens (tertiary/aromatic N) is 2. The summed E-state index contributed by atoms with van der Waals surface area (Å²) < 4.78 is 11.3. The highest BCUT2D eigenvalue weighted by Gasteiger charge is 2.65. The van der Waals surface area contributed by atoms with Crippen molar-refractivity contribution in [3.63, 3.8) is 0 Å². The molecule has 3 aliphatic rings. The van der Waals surface area contributed by atoms with Crippen molar-refractivity contribution in [1.29, 1.82) is 0 Å². The van der Waals surface area contributed by atoms with Gasteiger partial charge in [-0.3, -0.25) is 14.8 Å². The topological polar surface area (TPSA) is 79.5 Å². The highest BCUT2D eigenvalue weighted by molar-refractivity contribution is 6.10. The van der Waals surface area contributed by atoms with Crippen molar-refractivity contribution in [2.45, 2.75) is 24.2 Å². The van der Waals surface area contributed by atoms with Gasteiger partial charge in [0.1, 0.15) is 5.75 Å². The predicted octanol–water partition coefficient (Wildman–Crippen LogP) is 4.99. The van der Waals surface area contributed by atoms with Crippen molar-refractivity contribution in [1.82, 2.24) is 15.1 Å². The number of benzene rings is 3. The molecule has 7 heteroatoms. The van der Waals surface area contributed by atoms with E-state index in [0.717, 1.165) is 90.4 Å². The molecule has 3 heterocycles. The lowest BCUT2D eigenvalue weighted by Gasteiger charge is -2.26. The van der Waals surface area contributed by atoms with Crippen LogP contribution in [0.25, 0.3) is 23.1 Å². The second-order valence-corrected chi connectivity index (χ2v) is 10.8. The number of fused-ring (bicyclic) bond motifs is 3. The number of amides is 1. The van der Waals surface area contributed by atoms with Crippen LogP contribution in [-0.2, 0) is 21.4 Å². The maximum absolute atomic E-state index is 13.0. The van der Waals surface area contributed by atoms with Crippen molar-refractivity contribution in [3.05, 3.63) is 88.6 Å². The molecule has 1 aliphatic carbocycles. The molecule has 2 atom stereocenters. The molecule has 2 N–H and O–H groups in total. The first-order chi connectivity index (χ1) is 19.2. The summed E-state index contributed by atoms with van der Waals surface area (Å²) in [5.74, 6) is 0.947. The van der Waals surface area contributed by atoms with E-state index in [4.69, 9.17) is 9.47 Å². The molecule has 0 bridgehead atoms. The molecule has 39 heavy (non-hydrogen) atoms. The molecule has 0 unspecified atom stereocenters. The number of para-hydroxylation sites is 1. The predicted molar refractivity (Wildman–Crippen MR) is 153 cm³/mol. The van der Waals surface area contributed by atoms with Gasteiger partial charge < -0.3 is 14.8 Å². The normalized spacial score (nSPS) is 22.5. The number of H-pyrrole nitrogens is 1. The van der Waals surface area contributed by atoms with Crippen molar-refractivity contribution in [3.8, 4) is 5.75 Å². The average Bonchev–Trinajstić information content (AvgIpc) is 3.51. The molecule has 0 radical (unpaired) electrons. The largest absolute Gasteiger partial charge is 0.496 e. The number of carbonyl (C=O) groups excluding carboxylic acids is 1. The lowest BCUT2D eigenvalue weighted by atomic mass is 9.91. The standard InChI is InChI=1S/C32H32N4O3/c1-38-30-19-24-27(11-10-21-6-8-22(9-7-21)12-13-36-14-16-39-17-15-36)34-35-29(24)18-23(30)26-20-32(26)25-4-2-3-5-28(25)33-31(32)37/h2-11,18-19,26H,12-17,20H2,1H3,(H,33,37)(H,34,35)/b11-10+/t26-,32-/m0/s1. The van der Waals surface area contributed by atoms with E-state index in [1.165, 1.54) is 5.56 Å². The fourth-order valence-electron chi connectivity index (χ4n) is 6.26. The number of aromatic amines is 1. The summed E-state index contributed by atoms with van der Waals surface area (Å²) in [5, 5.41) is 11.8. The summed E-state index contributed by atoms with van der Waals surface area (Å²) in [6.07, 6.45) is 5.96. The van der Waals surface area contributed by atoms with Gasteiger partial charge in [-0.05, 0) is 53.8 Å². The van der Waals surface area contributed by atoms with E-state index in [-0.39, 0.29) is 11.8 Å². The average molecular weight is 521 g/mol. The maximum atomic E-state index is 13.0. The number of rotatable bonds is 7. The summed E-state index contributed by atoms with van der Waals surface area (Å²) in [7, 11) is 1.69. The van der Waals surface area contributed by atoms with E-state index in [1.54, 1.807) is 7.11 Å². The summed E-state index contributed by atoms with van der Waals surface area (Å²) in [5.41, 5.74) is 6.83. The van der Waals surface area contributed by atoms with Crippen LogP contribution < -0.4 is 10.1 Å². The molecule has 7 nitrogen and oxygen atoms in total. The molecule has 2 fully saturated rings. The Morgan fingerprint density at radius 2 is 1.92 bits per heavy atom. The number of anilines is 1. The summed E-state index contributed by atoms with van der Waals surface area (Å²) in [6, 6.07) is 20.9. The van der Waals surface area contributed by atoms with E-state index < -0.39 is 5.41 Å². The summed E-state index contributed by atoms with van der Waals surface area (Å²) >= 11 is 0. The Morgan fingerprint density at radius 1 is 1.10 bits per heavy atom. The first kappa shape index (κ1) is 24.1. The SMILES string of the molecule is COc1cc2c(/C=C/c3ccc(CCN4CCOCC4)cc3)n[nH]c2cc1[C@@H]1C[C@@]12C(=O)Nc1ccccc12. The third-order valence-electron chi connectivity index (χ3n) is 8.57. The van der Waals surface area contributed by atoms with Crippen LogP contribution in [0, 0.1) is 0 Å². The summed E-state index contributed by atoms with van der Waals surface area (Å²) in [6.45, 7) is 4.80. The van der Waals surface area contributed by atoms with Gasteiger partial charge in [0.2, 0.25) is 5.91 Å². The molecule has 1 saturated carbocycles. The molecule has 1 amide bonds. The Hall–Kier alpha value is -3.94. The molecule has 4 aromatic rings. The molecule has 198 valence electrons. The molecule has 1 aromatic heterocycles. The second-order valence-electron chi connectivity index (χ2n) is 10.8. The van der Waals surface area contributed by atoms with Gasteiger partial charge in [0.25, 0.3) is 0 Å². The van der Waals surface area contributed by atoms with Crippen LogP contribution in [0.1, 0.15) is 40.3 Å². The monoisotopic (exact) mass is 520 g/mol. The molecule has 3 aromatic carbocycles. The zero-order chi connectivity index (χ0) is 26.4. The number of ether oxygens (including phenoxy) is 2. The van der Waals surface area contributed by atoms with Gasteiger partial charge in [0, 0.05) is 42.2 Å². The Labute approximate surface area is 227 Å². The Morgan fingerprint density at radius 3 is 2.74 bits per heavy atom. The van der Waals surface area contributed by atoms with Crippen LogP contribution in [0.15, 0.2) is 60.7 Å². The minimum absolute atomic E-state index is 0.0737. The quantitative estimate of drug-likeness (QED) is 0.359. The lowest BCUT2D eigenvalue weighted by molar-refractivity contribution is -0.118. The van der Waals surface area contributed by atoms with Gasteiger partial charge in [-0.2, -0.15) is 5.10 Å². The zero-order valence-corrected chi connectivity index (χ0v) is 22.1. The van der Waals surface area contributed by atoms with Gasteiger partial charge >= 0.3 is 0 Å². The Balaban J connectivity index is 1.09. The molecular weight excluding hydrogens is 488 g/mol. The van der Waals surface area contributed by atoms with Crippen molar-refractivity contribution in [2.75, 3.05) is 45.3 Å². The number of carbonyl (C=O) groups is 1. The molecule has 1 saturated heterocycles. The molecule has 7 rings (SSSR count). The van der Waals surface area contributed by atoms with Gasteiger partial charge in [-0.15, -0.1) is 0 Å². The first-order valence-corrected chi connectivity index (χ1v) is 13.7. The van der Waals surface area contributed by atoms with Crippen molar-refractivity contribution < 1.29 is 14.3 Å². The minimum atomic E-state index is -0.505. The minimum Gasteiger partial charge on any atom is -0.496 e. The van der Waals surface area contributed by atoms with Crippen LogP contribution in [0.3, 0.4) is 0 Å². The fraction of sp³-hybridized carbons (Fsp3) is 0.312. The smallest absolute Gasteiger partial charge is 0.235 e. The van der Waals surface area contributed by atoms with E-state index in [0.29, 0.717) is 0 Å². The zero-order valence-electron chi connectivity index (χ0n) is 22.1. The number of morpholine rings is 1. The van der Waals surface area contributed by atoms with Crippen LogP contribution in [-0.4, -0.2) is 61.0 Å². The Kier molecular flexibility index (Phi) is 5.98. The van der Waals surface area contributed by atoms with Crippen LogP contribution in [0.2, 0.25) is 0 Å². The van der Waals surface area contributed by atoms with E-state index in [2.05, 4.69) is 62.9 Å². The van der Waals surface area contributed by atoms with Crippen LogP contribution in [0.4, 0.5) is 5.69 Å². The van der Waals surface area contributed by atoms with Gasteiger partial charge in [-0.25, -0.2) is 0 Å². The van der Waals surface area contributed by atoms with E-state index in [1.807, 2.05) is 30.3 Å². The second kappa shape index (κ2) is 9.67. The highest BCUT2D eigenvalue weighted by atomic mass is 16.5. The third kappa shape index (κ3) is 4.22. The van der Waals surface area contributed by atoms with Gasteiger partial charge in [0.15, 0.2) is 0 Å². The molecule has 2 aliphatic heterocycles. The maximum Gasteiger partial charge on any atom is 0.235 e. The van der Waals surface area contributed by atoms with Gasteiger partial charge in [0.05, 0.1) is 36.9 Å². The molecular formula is C32H32N4O3. The third-order valence-corrected chi connectivity index (χ3v) is 8.57. The lowest BCUT2D eigenvalue weighted by Crippen LogP contribution is -2.37. The molecule has 1 spiro atoms. The van der Waals surface area contributed by atoms with Crippen LogP contribution >= 0.6 is 0 Å². The van der Waals surface area contributed by atoms with Gasteiger partial charge in [-0.1, -0.05) is 48.5 Å². The van der Waals surface area contributed by atoms with Crippen LogP contribution in [0.5, 0.6) is 5.75 Å². The highest BCUT2D eigenvalue weighted by Crippen LogP contribution is 2.66. The fourth-order valence-corrected chi connectivity index (χ4v) is 6.26. The Bertz CT molecular complexity index is 1570. The van der Waals surface area contributed by atoms with E-state index in [9.17, 15) is 4.79 Å². The number of hydrogen-bond acceptors (Lipinski definition) is 5. The number of methoxy groups -OCH3 is 1. The van der Waals surface area contributed by atoms with Crippen molar-refractivity contribution in [2.24, 2.45) is 0 Å². The van der Waals surface area contributed by atoms with E-state index >= 15 is 0 Å². The number of hydrogen-bond donors (Lipinski definition) is 2.